The highest BCUT2D eigenvalue weighted by Gasteiger charge is 2.18. The fourth-order valence-corrected chi connectivity index (χ4v) is 2.07. The zero-order chi connectivity index (χ0) is 10.7. The molecule has 80 valence electrons. The van der Waals surface area contributed by atoms with E-state index in [4.69, 9.17) is 0 Å². The smallest absolute Gasteiger partial charge is 0.250 e. The van der Waals surface area contributed by atoms with Crippen LogP contribution in [0.25, 0.3) is 0 Å². The minimum Gasteiger partial charge on any atom is -0.358 e. The summed E-state index contributed by atoms with van der Waals surface area (Å²) in [6, 6.07) is 5.38. The molecule has 0 unspecified atom stereocenters. The second-order valence-corrected chi connectivity index (χ2v) is 3.90. The second kappa shape index (κ2) is 4.29. The molecule has 0 bridgehead atoms. The van der Waals surface area contributed by atoms with E-state index >= 15 is 0 Å². The van der Waals surface area contributed by atoms with Gasteiger partial charge in [-0.1, -0.05) is 6.07 Å². The summed E-state index contributed by atoms with van der Waals surface area (Å²) in [4.78, 5) is 21.7. The monoisotopic (exact) mass is 206 g/mol. The molecule has 4 nitrogen and oxygen atoms in total. The van der Waals surface area contributed by atoms with Gasteiger partial charge in [-0.2, -0.15) is 0 Å². The molecule has 1 amide bonds. The summed E-state index contributed by atoms with van der Waals surface area (Å²) in [5.74, 6) is 0.378. The number of carbonyl (C=O) groups excluding carboxylic acids is 1. The van der Waals surface area contributed by atoms with E-state index < -0.39 is 0 Å². The molecule has 0 radical (unpaired) electrons. The predicted octanol–water partition coefficient (Wildman–Crippen LogP) is 0.157. The van der Waals surface area contributed by atoms with Gasteiger partial charge in [-0.25, -0.2) is 0 Å². The first-order valence-electron chi connectivity index (χ1n) is 5.17. The van der Waals surface area contributed by atoms with Crippen LogP contribution in [0, 0.1) is 5.92 Å². The molecular weight excluding hydrogens is 192 g/mol. The van der Waals surface area contributed by atoms with E-state index in [1.165, 1.54) is 0 Å². The van der Waals surface area contributed by atoms with Crippen molar-refractivity contribution in [2.75, 3.05) is 6.54 Å². The van der Waals surface area contributed by atoms with Gasteiger partial charge in [-0.15, -0.1) is 0 Å². The van der Waals surface area contributed by atoms with Gasteiger partial charge in [-0.05, 0) is 24.8 Å². The van der Waals surface area contributed by atoms with Gasteiger partial charge in [-0.3, -0.25) is 9.59 Å². The number of aromatic nitrogens is 1. The summed E-state index contributed by atoms with van der Waals surface area (Å²) in [5, 5.41) is 2.67. The number of amides is 1. The number of aryl methyl sites for hydroxylation is 1. The Bertz CT molecular complexity index is 411. The lowest BCUT2D eigenvalue weighted by molar-refractivity contribution is -0.109. The Morgan fingerprint density at radius 1 is 1.53 bits per heavy atom. The first kappa shape index (κ1) is 9.96. The van der Waals surface area contributed by atoms with Gasteiger partial charge in [0.15, 0.2) is 0 Å². The molecule has 1 aromatic rings. The number of pyridine rings is 1. The van der Waals surface area contributed by atoms with Gasteiger partial charge in [0.1, 0.15) is 0 Å². The molecule has 1 N–H and O–H groups in total. The van der Waals surface area contributed by atoms with Gasteiger partial charge >= 0.3 is 0 Å². The van der Waals surface area contributed by atoms with E-state index in [1.807, 2.05) is 6.07 Å². The largest absolute Gasteiger partial charge is 0.358 e. The molecule has 0 saturated carbocycles. The van der Waals surface area contributed by atoms with Crippen molar-refractivity contribution >= 4 is 6.41 Å². The van der Waals surface area contributed by atoms with Crippen molar-refractivity contribution in [1.82, 2.24) is 9.88 Å². The zero-order valence-corrected chi connectivity index (χ0v) is 8.48. The molecule has 2 rings (SSSR count). The number of fused-ring (bicyclic) bond motifs is 1. The highest BCUT2D eigenvalue weighted by atomic mass is 16.1. The van der Waals surface area contributed by atoms with E-state index in [-0.39, 0.29) is 5.56 Å². The van der Waals surface area contributed by atoms with Crippen molar-refractivity contribution in [1.29, 1.82) is 0 Å². The van der Waals surface area contributed by atoms with E-state index in [1.54, 1.807) is 16.7 Å². The van der Waals surface area contributed by atoms with Crippen molar-refractivity contribution in [3.05, 3.63) is 34.2 Å². The number of hydrogen-bond acceptors (Lipinski definition) is 2. The number of nitrogens with one attached hydrogen (secondary N) is 1. The van der Waals surface area contributed by atoms with E-state index in [2.05, 4.69) is 5.32 Å². The lowest BCUT2D eigenvalue weighted by Gasteiger charge is -2.25. The zero-order valence-electron chi connectivity index (χ0n) is 8.48. The maximum absolute atomic E-state index is 11.6. The van der Waals surface area contributed by atoms with Crippen LogP contribution in [0.15, 0.2) is 23.0 Å². The molecule has 0 spiro atoms. The van der Waals surface area contributed by atoms with Crippen LogP contribution in [0.2, 0.25) is 0 Å². The van der Waals surface area contributed by atoms with Crippen LogP contribution in [-0.2, 0) is 17.8 Å². The molecule has 1 atom stereocenters. The molecule has 4 heteroatoms. The quantitative estimate of drug-likeness (QED) is 0.716. The van der Waals surface area contributed by atoms with Crippen LogP contribution in [0.1, 0.15) is 12.1 Å². The second-order valence-electron chi connectivity index (χ2n) is 3.90. The maximum Gasteiger partial charge on any atom is 0.250 e. The SMILES string of the molecule is O=CNC[C@@H]1CCc2cccc(=O)n2C1. The third-order valence-electron chi connectivity index (χ3n) is 2.88. The van der Waals surface area contributed by atoms with Crippen molar-refractivity contribution in [3.8, 4) is 0 Å². The maximum atomic E-state index is 11.6. The summed E-state index contributed by atoms with van der Waals surface area (Å²) in [6.45, 7) is 1.38. The van der Waals surface area contributed by atoms with E-state index in [0.717, 1.165) is 25.1 Å². The number of hydrogen-bond donors (Lipinski definition) is 1. The molecule has 2 heterocycles. The summed E-state index contributed by atoms with van der Waals surface area (Å²) in [5.41, 5.74) is 1.16. The Hall–Kier alpha value is -1.58. The Kier molecular flexibility index (Phi) is 2.85. The Labute approximate surface area is 87.9 Å². The molecule has 0 saturated heterocycles. The van der Waals surface area contributed by atoms with Gasteiger partial charge in [0.2, 0.25) is 6.41 Å². The summed E-state index contributed by atoms with van der Waals surface area (Å²) in [7, 11) is 0. The molecule has 0 aliphatic carbocycles. The Morgan fingerprint density at radius 3 is 3.20 bits per heavy atom. The lowest BCUT2D eigenvalue weighted by atomic mass is 9.97. The molecule has 1 aromatic heterocycles. The van der Waals surface area contributed by atoms with Crippen LogP contribution in [-0.4, -0.2) is 17.5 Å². The van der Waals surface area contributed by atoms with Crippen LogP contribution in [0.5, 0.6) is 0 Å². The van der Waals surface area contributed by atoms with Gasteiger partial charge in [0.25, 0.3) is 5.56 Å². The molecule has 15 heavy (non-hydrogen) atoms. The first-order valence-corrected chi connectivity index (χ1v) is 5.17. The van der Waals surface area contributed by atoms with Crippen LogP contribution < -0.4 is 10.9 Å². The topological polar surface area (TPSA) is 51.1 Å². The van der Waals surface area contributed by atoms with Crippen LogP contribution in [0.4, 0.5) is 0 Å². The average molecular weight is 206 g/mol. The third kappa shape index (κ3) is 2.09. The van der Waals surface area contributed by atoms with Gasteiger partial charge in [0, 0.05) is 24.8 Å². The Morgan fingerprint density at radius 2 is 2.40 bits per heavy atom. The van der Waals surface area contributed by atoms with Crippen molar-refractivity contribution < 1.29 is 4.79 Å². The first-order chi connectivity index (χ1) is 7.31. The number of rotatable bonds is 3. The summed E-state index contributed by atoms with van der Waals surface area (Å²) >= 11 is 0. The molecule has 1 aliphatic heterocycles. The predicted molar refractivity (Wildman–Crippen MR) is 56.6 cm³/mol. The van der Waals surface area contributed by atoms with Crippen molar-refractivity contribution in [2.45, 2.75) is 19.4 Å². The lowest BCUT2D eigenvalue weighted by Crippen LogP contribution is -2.35. The van der Waals surface area contributed by atoms with Crippen LogP contribution >= 0.6 is 0 Å². The van der Waals surface area contributed by atoms with Crippen molar-refractivity contribution in [2.24, 2.45) is 5.92 Å². The summed E-state index contributed by atoms with van der Waals surface area (Å²) < 4.78 is 1.81. The van der Waals surface area contributed by atoms with Gasteiger partial charge < -0.3 is 9.88 Å². The highest BCUT2D eigenvalue weighted by Crippen LogP contribution is 2.16. The van der Waals surface area contributed by atoms with E-state index in [9.17, 15) is 9.59 Å². The summed E-state index contributed by atoms with van der Waals surface area (Å²) in [6.07, 6.45) is 2.66. The molecule has 0 fully saturated rings. The highest BCUT2D eigenvalue weighted by molar-refractivity contribution is 5.45. The standard InChI is InChI=1S/C11H14N2O2/c14-8-12-6-9-4-5-10-2-1-3-11(15)13(10)7-9/h1-3,8-9H,4-7H2,(H,12,14)/t9-/m0/s1. The molecular formula is C11H14N2O2. The Balaban J connectivity index is 2.15. The van der Waals surface area contributed by atoms with E-state index in [0.29, 0.717) is 18.9 Å². The fourth-order valence-electron chi connectivity index (χ4n) is 2.07. The van der Waals surface area contributed by atoms with Crippen LogP contribution in [0.3, 0.4) is 0 Å². The fraction of sp³-hybridized carbons (Fsp3) is 0.455. The third-order valence-corrected chi connectivity index (χ3v) is 2.88. The van der Waals surface area contributed by atoms with Crippen molar-refractivity contribution in [3.63, 3.8) is 0 Å². The normalized spacial score (nSPS) is 19.3. The average Bonchev–Trinajstić information content (AvgIpc) is 2.27. The van der Waals surface area contributed by atoms with Gasteiger partial charge in [0.05, 0.1) is 0 Å². The molecule has 1 aliphatic rings. The minimum absolute atomic E-state index is 0.0586. The number of carbonyl (C=O) groups is 1. The number of nitrogens with zero attached hydrogens (tertiary/aromatic N) is 1. The molecule has 0 aromatic carbocycles. The minimum atomic E-state index is 0.0586.